The molecule has 0 bridgehead atoms. The molecule has 0 spiro atoms. The predicted octanol–water partition coefficient (Wildman–Crippen LogP) is 4.71. The van der Waals surface area contributed by atoms with Crippen LogP contribution in [0.4, 0.5) is 0 Å². The zero-order valence-electron chi connectivity index (χ0n) is 13.6. The summed E-state index contributed by atoms with van der Waals surface area (Å²) in [5.41, 5.74) is 3.01. The van der Waals surface area contributed by atoms with E-state index in [1.165, 1.54) is 16.7 Å². The molecule has 0 saturated carbocycles. The molecule has 0 aliphatic carbocycles. The summed E-state index contributed by atoms with van der Waals surface area (Å²) in [6.45, 7) is 0. The SMILES string of the molecule is O=C(Cc1nc(-c2ccncc2)cs1)Cc1cccc2ccccc12. The molecule has 25 heavy (non-hydrogen) atoms. The lowest BCUT2D eigenvalue weighted by Crippen LogP contribution is -2.06. The molecule has 0 fully saturated rings. The Bertz CT molecular complexity index is 1020. The van der Waals surface area contributed by atoms with Crippen LogP contribution in [0.5, 0.6) is 0 Å². The van der Waals surface area contributed by atoms with Crippen molar-refractivity contribution in [3.05, 3.63) is 82.9 Å². The van der Waals surface area contributed by atoms with Crippen LogP contribution < -0.4 is 0 Å². The Hall–Kier alpha value is -2.85. The highest BCUT2D eigenvalue weighted by Crippen LogP contribution is 2.23. The number of fused-ring (bicyclic) bond motifs is 1. The van der Waals surface area contributed by atoms with E-state index in [9.17, 15) is 4.79 Å². The summed E-state index contributed by atoms with van der Waals surface area (Å²) in [6.07, 6.45) is 4.31. The molecule has 2 heterocycles. The van der Waals surface area contributed by atoms with Crippen LogP contribution in [0.1, 0.15) is 10.6 Å². The van der Waals surface area contributed by atoms with Gasteiger partial charge in [0.2, 0.25) is 0 Å². The van der Waals surface area contributed by atoms with Gasteiger partial charge in [0.05, 0.1) is 12.1 Å². The highest BCUT2D eigenvalue weighted by Gasteiger charge is 2.11. The summed E-state index contributed by atoms with van der Waals surface area (Å²) < 4.78 is 0. The van der Waals surface area contributed by atoms with Gasteiger partial charge in [-0.25, -0.2) is 4.98 Å². The molecule has 4 heteroatoms. The molecule has 2 aromatic carbocycles. The van der Waals surface area contributed by atoms with E-state index in [1.807, 2.05) is 41.8 Å². The van der Waals surface area contributed by atoms with E-state index in [0.29, 0.717) is 12.8 Å². The first-order valence-corrected chi connectivity index (χ1v) is 9.01. The number of thiazole rings is 1. The van der Waals surface area contributed by atoms with Crippen molar-refractivity contribution in [1.29, 1.82) is 0 Å². The fourth-order valence-electron chi connectivity index (χ4n) is 2.94. The summed E-state index contributed by atoms with van der Waals surface area (Å²) in [5.74, 6) is 0.187. The normalized spacial score (nSPS) is 10.9. The largest absolute Gasteiger partial charge is 0.299 e. The van der Waals surface area contributed by atoms with Gasteiger partial charge >= 0.3 is 0 Å². The highest BCUT2D eigenvalue weighted by molar-refractivity contribution is 7.10. The van der Waals surface area contributed by atoms with Crippen LogP contribution in [0.15, 0.2) is 72.4 Å². The van der Waals surface area contributed by atoms with Crippen molar-refractivity contribution < 1.29 is 4.79 Å². The van der Waals surface area contributed by atoms with Gasteiger partial charge in [0.25, 0.3) is 0 Å². The van der Waals surface area contributed by atoms with E-state index < -0.39 is 0 Å². The Morgan fingerprint density at radius 2 is 1.72 bits per heavy atom. The summed E-state index contributed by atoms with van der Waals surface area (Å²) in [5, 5.41) is 5.17. The van der Waals surface area contributed by atoms with Crippen molar-refractivity contribution >= 4 is 27.9 Å². The van der Waals surface area contributed by atoms with E-state index in [0.717, 1.165) is 27.2 Å². The summed E-state index contributed by atoms with van der Waals surface area (Å²) in [6, 6.07) is 18.1. The van der Waals surface area contributed by atoms with E-state index in [1.54, 1.807) is 12.4 Å². The molecule has 0 aliphatic heterocycles. The molecular formula is C21H16N2OS. The Kier molecular flexibility index (Phi) is 4.36. The molecule has 4 rings (SSSR count). The third-order valence-corrected chi connectivity index (χ3v) is 4.99. The zero-order valence-corrected chi connectivity index (χ0v) is 14.4. The quantitative estimate of drug-likeness (QED) is 0.526. The second-order valence-electron chi connectivity index (χ2n) is 5.89. The molecule has 0 N–H and O–H groups in total. The van der Waals surface area contributed by atoms with Crippen LogP contribution in [0.3, 0.4) is 0 Å². The predicted molar refractivity (Wildman–Crippen MR) is 102 cm³/mol. The van der Waals surface area contributed by atoms with Crippen LogP contribution in [0.25, 0.3) is 22.0 Å². The molecule has 2 aromatic heterocycles. The van der Waals surface area contributed by atoms with Gasteiger partial charge in [-0.1, -0.05) is 42.5 Å². The summed E-state index contributed by atoms with van der Waals surface area (Å²) >= 11 is 1.53. The second kappa shape index (κ2) is 6.95. The minimum absolute atomic E-state index is 0.187. The van der Waals surface area contributed by atoms with Gasteiger partial charge in [-0.3, -0.25) is 9.78 Å². The molecular weight excluding hydrogens is 328 g/mol. The van der Waals surface area contributed by atoms with Crippen molar-refractivity contribution in [1.82, 2.24) is 9.97 Å². The first-order valence-electron chi connectivity index (χ1n) is 8.13. The van der Waals surface area contributed by atoms with Gasteiger partial charge in [-0.2, -0.15) is 0 Å². The van der Waals surface area contributed by atoms with Crippen LogP contribution in [0.2, 0.25) is 0 Å². The number of ketones is 1. The molecule has 3 nitrogen and oxygen atoms in total. The van der Waals surface area contributed by atoms with Crippen molar-refractivity contribution in [3.8, 4) is 11.3 Å². The van der Waals surface area contributed by atoms with E-state index >= 15 is 0 Å². The van der Waals surface area contributed by atoms with Crippen molar-refractivity contribution in [2.24, 2.45) is 0 Å². The van der Waals surface area contributed by atoms with Gasteiger partial charge in [0.15, 0.2) is 0 Å². The minimum atomic E-state index is 0.187. The monoisotopic (exact) mass is 344 g/mol. The Morgan fingerprint density at radius 1 is 0.920 bits per heavy atom. The van der Waals surface area contributed by atoms with Gasteiger partial charge in [0.1, 0.15) is 10.8 Å². The Balaban J connectivity index is 1.50. The molecule has 0 unspecified atom stereocenters. The molecule has 0 radical (unpaired) electrons. The lowest BCUT2D eigenvalue weighted by Gasteiger charge is -2.05. The van der Waals surface area contributed by atoms with Crippen LogP contribution in [-0.2, 0) is 17.6 Å². The topological polar surface area (TPSA) is 42.9 Å². The number of carbonyl (C=O) groups excluding carboxylic acids is 1. The third kappa shape index (κ3) is 3.49. The maximum Gasteiger partial charge on any atom is 0.144 e. The van der Waals surface area contributed by atoms with Gasteiger partial charge in [-0.15, -0.1) is 11.3 Å². The Morgan fingerprint density at radius 3 is 2.60 bits per heavy atom. The lowest BCUT2D eigenvalue weighted by atomic mass is 10.00. The van der Waals surface area contributed by atoms with Crippen molar-refractivity contribution in [3.63, 3.8) is 0 Å². The van der Waals surface area contributed by atoms with Crippen molar-refractivity contribution in [2.45, 2.75) is 12.8 Å². The van der Waals surface area contributed by atoms with Gasteiger partial charge in [0, 0.05) is 29.8 Å². The molecule has 4 aromatic rings. The smallest absolute Gasteiger partial charge is 0.144 e. The van der Waals surface area contributed by atoms with E-state index in [2.05, 4.69) is 28.2 Å². The number of pyridine rings is 1. The maximum atomic E-state index is 12.5. The van der Waals surface area contributed by atoms with E-state index in [-0.39, 0.29) is 5.78 Å². The standard InChI is InChI=1S/C21H16N2OS/c24-18(12-17-6-3-5-15-4-1-2-7-19(15)17)13-21-23-20(14-25-21)16-8-10-22-11-9-16/h1-11,14H,12-13H2. The second-order valence-corrected chi connectivity index (χ2v) is 6.84. The molecule has 0 aliphatic rings. The third-order valence-electron chi connectivity index (χ3n) is 4.14. The first-order chi connectivity index (χ1) is 12.3. The fraction of sp³-hybridized carbons (Fsp3) is 0.0952. The molecule has 0 amide bonds. The van der Waals surface area contributed by atoms with Crippen LogP contribution in [0, 0.1) is 0 Å². The van der Waals surface area contributed by atoms with Crippen molar-refractivity contribution in [2.75, 3.05) is 0 Å². The average molecular weight is 344 g/mol. The number of benzene rings is 2. The van der Waals surface area contributed by atoms with E-state index in [4.69, 9.17) is 0 Å². The molecule has 0 atom stereocenters. The summed E-state index contributed by atoms with van der Waals surface area (Å²) in [7, 11) is 0. The van der Waals surface area contributed by atoms with Gasteiger partial charge < -0.3 is 0 Å². The number of rotatable bonds is 5. The fourth-order valence-corrected chi connectivity index (χ4v) is 3.77. The van der Waals surface area contributed by atoms with Crippen LogP contribution in [-0.4, -0.2) is 15.8 Å². The highest BCUT2D eigenvalue weighted by atomic mass is 32.1. The zero-order chi connectivity index (χ0) is 17.1. The van der Waals surface area contributed by atoms with Gasteiger partial charge in [-0.05, 0) is 28.5 Å². The maximum absolute atomic E-state index is 12.5. The summed E-state index contributed by atoms with van der Waals surface area (Å²) in [4.78, 5) is 21.1. The number of carbonyl (C=O) groups is 1. The number of aromatic nitrogens is 2. The molecule has 122 valence electrons. The number of nitrogens with zero attached hydrogens (tertiary/aromatic N) is 2. The first kappa shape index (κ1) is 15.7. The number of hydrogen-bond acceptors (Lipinski definition) is 4. The Labute approximate surface area is 150 Å². The lowest BCUT2D eigenvalue weighted by molar-refractivity contribution is -0.117. The minimum Gasteiger partial charge on any atom is -0.299 e. The number of Topliss-reactive ketones (excluding diaryl/α,β-unsaturated/α-hetero) is 1. The number of hydrogen-bond donors (Lipinski definition) is 0. The average Bonchev–Trinajstić information content (AvgIpc) is 3.11. The van der Waals surface area contributed by atoms with Crippen LogP contribution >= 0.6 is 11.3 Å². The molecule has 0 saturated heterocycles.